The molecule has 1 rings (SSSR count). The molecule has 0 aliphatic rings. The molecule has 1 aromatic rings. The third kappa shape index (κ3) is 3.66. The maximum atomic E-state index is 11.7. The molecular formula is C11H16BrN3O2. The van der Waals surface area contributed by atoms with Crippen LogP contribution < -0.4 is 5.32 Å². The summed E-state index contributed by atoms with van der Waals surface area (Å²) < 4.78 is 5.59. The van der Waals surface area contributed by atoms with Crippen molar-refractivity contribution in [3.63, 3.8) is 0 Å². The third-order valence-electron chi connectivity index (χ3n) is 2.39. The van der Waals surface area contributed by atoms with Crippen LogP contribution in [-0.2, 0) is 9.53 Å². The van der Waals surface area contributed by atoms with Crippen molar-refractivity contribution < 1.29 is 9.53 Å². The van der Waals surface area contributed by atoms with Gasteiger partial charge in [-0.3, -0.25) is 0 Å². The molecule has 0 aliphatic heterocycles. The quantitative estimate of drug-likeness (QED) is 0.846. The largest absolute Gasteiger partial charge is 0.467 e. The summed E-state index contributed by atoms with van der Waals surface area (Å²) >= 11 is 3.25. The molecule has 0 fully saturated rings. The number of aromatic nitrogens is 2. The van der Waals surface area contributed by atoms with Crippen LogP contribution in [0.15, 0.2) is 16.9 Å². The maximum Gasteiger partial charge on any atom is 0.331 e. The van der Waals surface area contributed by atoms with Crippen molar-refractivity contribution in [3.8, 4) is 0 Å². The molecule has 0 amide bonds. The first-order chi connectivity index (χ1) is 8.01. The molecule has 0 aliphatic carbocycles. The van der Waals surface area contributed by atoms with E-state index < -0.39 is 5.54 Å². The number of rotatable bonds is 5. The van der Waals surface area contributed by atoms with Crippen LogP contribution in [0.5, 0.6) is 0 Å². The van der Waals surface area contributed by atoms with E-state index in [4.69, 9.17) is 4.74 Å². The van der Waals surface area contributed by atoms with Gasteiger partial charge in [0.05, 0.1) is 11.6 Å². The molecule has 0 saturated heterocycles. The van der Waals surface area contributed by atoms with Gasteiger partial charge in [-0.25, -0.2) is 14.8 Å². The lowest BCUT2D eigenvalue weighted by atomic mass is 9.96. The molecule has 1 N–H and O–H groups in total. The Morgan fingerprint density at radius 2 is 2.12 bits per heavy atom. The predicted octanol–water partition coefficient (Wildman–Crippen LogP) is 2.38. The fourth-order valence-electron chi connectivity index (χ4n) is 1.56. The molecular weight excluding hydrogens is 286 g/mol. The molecule has 0 spiro atoms. The van der Waals surface area contributed by atoms with Crippen molar-refractivity contribution in [2.75, 3.05) is 12.4 Å². The summed E-state index contributed by atoms with van der Waals surface area (Å²) in [5.41, 5.74) is -0.794. The number of halogens is 1. The summed E-state index contributed by atoms with van der Waals surface area (Å²) in [6.45, 7) is 3.79. The Morgan fingerprint density at radius 3 is 2.59 bits per heavy atom. The van der Waals surface area contributed by atoms with Crippen LogP contribution in [0.4, 0.5) is 5.95 Å². The molecule has 5 nitrogen and oxygen atoms in total. The molecule has 0 radical (unpaired) electrons. The number of hydrogen-bond donors (Lipinski definition) is 1. The summed E-state index contributed by atoms with van der Waals surface area (Å²) in [6.07, 6.45) is 4.76. The number of esters is 1. The molecule has 1 aromatic heterocycles. The normalized spacial score (nSPS) is 13.9. The van der Waals surface area contributed by atoms with Gasteiger partial charge in [-0.1, -0.05) is 13.3 Å². The van der Waals surface area contributed by atoms with Crippen molar-refractivity contribution in [1.29, 1.82) is 0 Å². The minimum Gasteiger partial charge on any atom is -0.467 e. The number of carbonyl (C=O) groups excluding carboxylic acids is 1. The number of nitrogens with zero attached hydrogens (tertiary/aromatic N) is 2. The fraction of sp³-hybridized carbons (Fsp3) is 0.545. The van der Waals surface area contributed by atoms with E-state index in [9.17, 15) is 4.79 Å². The van der Waals surface area contributed by atoms with E-state index in [1.807, 2.05) is 6.92 Å². The highest BCUT2D eigenvalue weighted by molar-refractivity contribution is 9.10. The van der Waals surface area contributed by atoms with Gasteiger partial charge >= 0.3 is 5.97 Å². The first-order valence-electron chi connectivity index (χ1n) is 5.36. The highest BCUT2D eigenvalue weighted by Gasteiger charge is 2.34. The average Bonchev–Trinajstić information content (AvgIpc) is 2.31. The molecule has 0 bridgehead atoms. The zero-order valence-corrected chi connectivity index (χ0v) is 11.7. The van der Waals surface area contributed by atoms with E-state index >= 15 is 0 Å². The van der Waals surface area contributed by atoms with Gasteiger partial charge in [-0.05, 0) is 29.3 Å². The lowest BCUT2D eigenvalue weighted by molar-refractivity contribution is -0.145. The minimum absolute atomic E-state index is 0.314. The Bertz CT molecular complexity index is 383. The first kappa shape index (κ1) is 13.9. The number of hydrogen-bond acceptors (Lipinski definition) is 5. The number of ether oxygens (including phenoxy) is 1. The standard InChI is InChI=1S/C11H16BrN3O2/c1-4-5-11(2,9(16)17-3)15-10-13-6-8(12)7-14-10/h6-7H,4-5H2,1-3H3,(H,13,14,15). The van der Waals surface area contributed by atoms with Crippen molar-refractivity contribution in [3.05, 3.63) is 16.9 Å². The second-order valence-electron chi connectivity index (χ2n) is 3.92. The zero-order chi connectivity index (χ0) is 12.9. The van der Waals surface area contributed by atoms with Crippen LogP contribution >= 0.6 is 15.9 Å². The predicted molar refractivity (Wildman–Crippen MR) is 68.7 cm³/mol. The van der Waals surface area contributed by atoms with Gasteiger partial charge in [-0.2, -0.15) is 0 Å². The van der Waals surface area contributed by atoms with Gasteiger partial charge in [-0.15, -0.1) is 0 Å². The van der Waals surface area contributed by atoms with Crippen LogP contribution in [0, 0.1) is 0 Å². The van der Waals surface area contributed by atoms with Gasteiger partial charge in [0.2, 0.25) is 5.95 Å². The molecule has 94 valence electrons. The Balaban J connectivity index is 2.86. The van der Waals surface area contributed by atoms with E-state index in [-0.39, 0.29) is 5.97 Å². The van der Waals surface area contributed by atoms with Crippen LogP contribution in [-0.4, -0.2) is 28.6 Å². The SMILES string of the molecule is CCCC(C)(Nc1ncc(Br)cn1)C(=O)OC. The average molecular weight is 302 g/mol. The molecule has 1 heterocycles. The summed E-state index contributed by atoms with van der Waals surface area (Å²) in [4.78, 5) is 19.9. The second kappa shape index (κ2) is 5.95. The van der Waals surface area contributed by atoms with E-state index in [0.717, 1.165) is 10.9 Å². The summed E-state index contributed by atoms with van der Waals surface area (Å²) in [6, 6.07) is 0. The smallest absolute Gasteiger partial charge is 0.331 e. The molecule has 6 heteroatoms. The first-order valence-corrected chi connectivity index (χ1v) is 6.15. The third-order valence-corrected chi connectivity index (χ3v) is 2.80. The lowest BCUT2D eigenvalue weighted by Gasteiger charge is -2.27. The lowest BCUT2D eigenvalue weighted by Crippen LogP contribution is -2.44. The van der Waals surface area contributed by atoms with Crippen molar-refractivity contribution in [2.24, 2.45) is 0 Å². The Kier molecular flexibility index (Phi) is 4.86. The van der Waals surface area contributed by atoms with Gasteiger partial charge in [0, 0.05) is 12.4 Å². The van der Waals surface area contributed by atoms with Crippen molar-refractivity contribution in [1.82, 2.24) is 9.97 Å². The molecule has 17 heavy (non-hydrogen) atoms. The van der Waals surface area contributed by atoms with Crippen LogP contribution in [0.25, 0.3) is 0 Å². The van der Waals surface area contributed by atoms with Gasteiger partial charge in [0.1, 0.15) is 5.54 Å². The number of methoxy groups -OCH3 is 1. The summed E-state index contributed by atoms with van der Waals surface area (Å²) in [5, 5.41) is 3.02. The molecule has 0 saturated carbocycles. The van der Waals surface area contributed by atoms with E-state index in [1.165, 1.54) is 7.11 Å². The summed E-state index contributed by atoms with van der Waals surface area (Å²) in [7, 11) is 1.38. The van der Waals surface area contributed by atoms with E-state index in [1.54, 1.807) is 19.3 Å². The number of anilines is 1. The van der Waals surface area contributed by atoms with Gasteiger partial charge in [0.25, 0.3) is 0 Å². The summed E-state index contributed by atoms with van der Waals surface area (Å²) in [5.74, 6) is 0.0976. The number of nitrogens with one attached hydrogen (secondary N) is 1. The van der Waals surface area contributed by atoms with Crippen LogP contribution in [0.2, 0.25) is 0 Å². The van der Waals surface area contributed by atoms with Crippen LogP contribution in [0.1, 0.15) is 26.7 Å². The highest BCUT2D eigenvalue weighted by Crippen LogP contribution is 2.19. The van der Waals surface area contributed by atoms with E-state index in [0.29, 0.717) is 12.4 Å². The monoisotopic (exact) mass is 301 g/mol. The van der Waals surface area contributed by atoms with E-state index in [2.05, 4.69) is 31.2 Å². The maximum absolute atomic E-state index is 11.7. The Labute approximate surface area is 109 Å². The Hall–Kier alpha value is -1.17. The molecule has 0 aromatic carbocycles. The van der Waals surface area contributed by atoms with Crippen molar-refractivity contribution in [2.45, 2.75) is 32.2 Å². The number of carbonyl (C=O) groups is 1. The molecule has 1 atom stereocenters. The Morgan fingerprint density at radius 1 is 1.53 bits per heavy atom. The second-order valence-corrected chi connectivity index (χ2v) is 4.84. The highest BCUT2D eigenvalue weighted by atomic mass is 79.9. The van der Waals surface area contributed by atoms with Gasteiger partial charge < -0.3 is 10.1 Å². The van der Waals surface area contributed by atoms with Crippen molar-refractivity contribution >= 4 is 27.8 Å². The topological polar surface area (TPSA) is 64.1 Å². The zero-order valence-electron chi connectivity index (χ0n) is 10.2. The fourth-order valence-corrected chi connectivity index (χ4v) is 1.77. The van der Waals surface area contributed by atoms with Gasteiger partial charge in [0.15, 0.2) is 0 Å². The van der Waals surface area contributed by atoms with Crippen LogP contribution in [0.3, 0.4) is 0 Å². The molecule has 1 unspecified atom stereocenters. The minimum atomic E-state index is -0.794.